The highest BCUT2D eigenvalue weighted by molar-refractivity contribution is 5.67. The summed E-state index contributed by atoms with van der Waals surface area (Å²) < 4.78 is 41.5. The molecule has 0 aliphatic carbocycles. The number of rotatable bonds is 8. The van der Waals surface area contributed by atoms with Crippen LogP contribution in [0.2, 0.25) is 0 Å². The molecule has 3 rings (SSSR count). The molecule has 0 aliphatic rings. The molecule has 3 aromatic rings. The lowest BCUT2D eigenvalue weighted by Gasteiger charge is -2.14. The standard InChI is InChI=1S/C21H22F3N5O/c1-29(2)12-11-25-20-27-18(15-7-4-3-5-8-15)14-19(28-20)26-16-9-6-10-17(13-16)30-21(22,23)24/h3-10,13-14H,11-12H2,1-2H3,(H2,25,26,27,28). The second kappa shape index (κ2) is 9.45. The first kappa shape index (κ1) is 21.4. The lowest BCUT2D eigenvalue weighted by atomic mass is 10.1. The van der Waals surface area contributed by atoms with Gasteiger partial charge in [-0.3, -0.25) is 0 Å². The Bertz CT molecular complexity index is 964. The lowest BCUT2D eigenvalue weighted by molar-refractivity contribution is -0.274. The van der Waals surface area contributed by atoms with Gasteiger partial charge in [-0.25, -0.2) is 4.98 Å². The summed E-state index contributed by atoms with van der Waals surface area (Å²) in [6.45, 7) is 1.43. The molecule has 1 heterocycles. The number of nitrogens with zero attached hydrogens (tertiary/aromatic N) is 3. The van der Waals surface area contributed by atoms with Crippen molar-refractivity contribution in [2.24, 2.45) is 0 Å². The molecule has 0 saturated carbocycles. The van der Waals surface area contributed by atoms with Gasteiger partial charge in [0.25, 0.3) is 0 Å². The third-order valence-electron chi connectivity index (χ3n) is 3.98. The fourth-order valence-corrected chi connectivity index (χ4v) is 2.66. The van der Waals surface area contributed by atoms with Crippen molar-refractivity contribution in [1.29, 1.82) is 0 Å². The number of likely N-dealkylation sites (N-methyl/N-ethyl adjacent to an activating group) is 1. The zero-order chi connectivity index (χ0) is 21.6. The SMILES string of the molecule is CN(C)CCNc1nc(Nc2cccc(OC(F)(F)F)c2)cc(-c2ccccc2)n1. The minimum atomic E-state index is -4.75. The molecule has 9 heteroatoms. The number of ether oxygens (including phenoxy) is 1. The predicted octanol–water partition coefficient (Wildman–Crippen LogP) is 4.76. The van der Waals surface area contributed by atoms with Crippen molar-refractivity contribution in [2.75, 3.05) is 37.8 Å². The highest BCUT2D eigenvalue weighted by Gasteiger charge is 2.31. The van der Waals surface area contributed by atoms with Crippen molar-refractivity contribution < 1.29 is 17.9 Å². The second-order valence-electron chi connectivity index (χ2n) is 6.76. The fraction of sp³-hybridized carbons (Fsp3) is 0.238. The number of hydrogen-bond donors (Lipinski definition) is 2. The molecular weight excluding hydrogens is 395 g/mol. The molecule has 0 saturated heterocycles. The highest BCUT2D eigenvalue weighted by Crippen LogP contribution is 2.28. The molecule has 1 aromatic heterocycles. The van der Waals surface area contributed by atoms with E-state index in [0.29, 0.717) is 29.7 Å². The average molecular weight is 417 g/mol. The van der Waals surface area contributed by atoms with Gasteiger partial charge in [-0.2, -0.15) is 4.98 Å². The summed E-state index contributed by atoms with van der Waals surface area (Å²) in [6.07, 6.45) is -4.75. The van der Waals surface area contributed by atoms with Crippen LogP contribution in [0.3, 0.4) is 0 Å². The number of alkyl halides is 3. The lowest BCUT2D eigenvalue weighted by Crippen LogP contribution is -2.21. The van der Waals surface area contributed by atoms with Gasteiger partial charge in [-0.15, -0.1) is 13.2 Å². The van der Waals surface area contributed by atoms with E-state index in [1.165, 1.54) is 18.2 Å². The molecule has 0 bridgehead atoms. The van der Waals surface area contributed by atoms with Gasteiger partial charge in [0.05, 0.1) is 5.69 Å². The first-order chi connectivity index (χ1) is 14.3. The molecule has 2 N–H and O–H groups in total. The van der Waals surface area contributed by atoms with E-state index < -0.39 is 6.36 Å². The van der Waals surface area contributed by atoms with Gasteiger partial charge < -0.3 is 20.3 Å². The third-order valence-corrected chi connectivity index (χ3v) is 3.98. The molecule has 0 spiro atoms. The molecule has 0 amide bonds. The van der Waals surface area contributed by atoms with Crippen molar-refractivity contribution >= 4 is 17.5 Å². The van der Waals surface area contributed by atoms with Crippen LogP contribution in [0.25, 0.3) is 11.3 Å². The van der Waals surface area contributed by atoms with Crippen LogP contribution in [0.4, 0.5) is 30.6 Å². The summed E-state index contributed by atoms with van der Waals surface area (Å²) in [6, 6.07) is 16.9. The zero-order valence-electron chi connectivity index (χ0n) is 16.6. The zero-order valence-corrected chi connectivity index (χ0v) is 16.6. The Labute approximate surface area is 172 Å². The van der Waals surface area contributed by atoms with E-state index in [-0.39, 0.29) is 5.75 Å². The normalized spacial score (nSPS) is 11.4. The monoisotopic (exact) mass is 417 g/mol. The first-order valence-electron chi connectivity index (χ1n) is 9.24. The maximum Gasteiger partial charge on any atom is 0.573 e. The molecule has 0 radical (unpaired) electrons. The number of nitrogens with one attached hydrogen (secondary N) is 2. The smallest absolute Gasteiger partial charge is 0.406 e. The van der Waals surface area contributed by atoms with Crippen molar-refractivity contribution in [1.82, 2.24) is 14.9 Å². The Hall–Kier alpha value is -3.33. The molecule has 30 heavy (non-hydrogen) atoms. The van der Waals surface area contributed by atoms with E-state index in [0.717, 1.165) is 12.1 Å². The van der Waals surface area contributed by atoms with Crippen molar-refractivity contribution in [3.63, 3.8) is 0 Å². The summed E-state index contributed by atoms with van der Waals surface area (Å²) in [7, 11) is 3.93. The van der Waals surface area contributed by atoms with Crippen LogP contribution in [0.1, 0.15) is 0 Å². The Balaban J connectivity index is 1.86. The molecular formula is C21H22F3N5O. The third kappa shape index (κ3) is 6.63. The largest absolute Gasteiger partial charge is 0.573 e. The summed E-state index contributed by atoms with van der Waals surface area (Å²) in [5.74, 6) is 0.554. The maximum absolute atomic E-state index is 12.5. The number of benzene rings is 2. The summed E-state index contributed by atoms with van der Waals surface area (Å²) >= 11 is 0. The molecule has 0 unspecified atom stereocenters. The number of halogens is 3. The van der Waals surface area contributed by atoms with Crippen LogP contribution in [0.15, 0.2) is 60.7 Å². The highest BCUT2D eigenvalue weighted by atomic mass is 19.4. The Kier molecular flexibility index (Phi) is 6.73. The molecule has 158 valence electrons. The second-order valence-corrected chi connectivity index (χ2v) is 6.76. The molecule has 0 atom stereocenters. The van der Waals surface area contributed by atoms with Crippen LogP contribution < -0.4 is 15.4 Å². The summed E-state index contributed by atoms with van der Waals surface area (Å²) in [5.41, 5.74) is 1.99. The molecule has 2 aromatic carbocycles. The van der Waals surface area contributed by atoms with Gasteiger partial charge >= 0.3 is 6.36 Å². The van der Waals surface area contributed by atoms with Crippen LogP contribution in [-0.4, -0.2) is 48.4 Å². The number of hydrogen-bond acceptors (Lipinski definition) is 6. The number of anilines is 3. The first-order valence-corrected chi connectivity index (χ1v) is 9.24. The quantitative estimate of drug-likeness (QED) is 0.551. The molecule has 0 aliphatic heterocycles. The predicted molar refractivity (Wildman–Crippen MR) is 111 cm³/mol. The van der Waals surface area contributed by atoms with E-state index in [9.17, 15) is 13.2 Å². The minimum absolute atomic E-state index is 0.311. The summed E-state index contributed by atoms with van der Waals surface area (Å²) in [5, 5.41) is 6.21. The number of aromatic nitrogens is 2. The Morgan fingerprint density at radius 1 is 0.967 bits per heavy atom. The van der Waals surface area contributed by atoms with Crippen LogP contribution >= 0.6 is 0 Å². The van der Waals surface area contributed by atoms with E-state index in [4.69, 9.17) is 0 Å². The maximum atomic E-state index is 12.5. The summed E-state index contributed by atoms with van der Waals surface area (Å²) in [4.78, 5) is 11.0. The van der Waals surface area contributed by atoms with E-state index in [1.807, 2.05) is 49.3 Å². The molecule has 6 nitrogen and oxygen atoms in total. The van der Waals surface area contributed by atoms with Gasteiger partial charge in [0.1, 0.15) is 11.6 Å². The van der Waals surface area contributed by atoms with E-state index in [1.54, 1.807) is 12.1 Å². The van der Waals surface area contributed by atoms with Gasteiger partial charge in [0.2, 0.25) is 5.95 Å². The van der Waals surface area contributed by atoms with Gasteiger partial charge in [0.15, 0.2) is 0 Å². The van der Waals surface area contributed by atoms with Gasteiger partial charge in [0, 0.05) is 36.5 Å². The molecule has 0 fully saturated rings. The van der Waals surface area contributed by atoms with E-state index >= 15 is 0 Å². The van der Waals surface area contributed by atoms with Crippen LogP contribution in [0, 0.1) is 0 Å². The van der Waals surface area contributed by atoms with Gasteiger partial charge in [-0.1, -0.05) is 36.4 Å². The topological polar surface area (TPSA) is 62.3 Å². The minimum Gasteiger partial charge on any atom is -0.406 e. The Morgan fingerprint density at radius 2 is 1.73 bits per heavy atom. The van der Waals surface area contributed by atoms with E-state index in [2.05, 4.69) is 25.3 Å². The van der Waals surface area contributed by atoms with Crippen LogP contribution in [0.5, 0.6) is 5.75 Å². The van der Waals surface area contributed by atoms with Gasteiger partial charge in [-0.05, 0) is 26.2 Å². The van der Waals surface area contributed by atoms with Crippen molar-refractivity contribution in [2.45, 2.75) is 6.36 Å². The Morgan fingerprint density at radius 3 is 2.43 bits per heavy atom. The fourth-order valence-electron chi connectivity index (χ4n) is 2.66. The van der Waals surface area contributed by atoms with Crippen molar-refractivity contribution in [3.05, 3.63) is 60.7 Å². The average Bonchev–Trinajstić information content (AvgIpc) is 2.67. The van der Waals surface area contributed by atoms with Crippen LogP contribution in [-0.2, 0) is 0 Å². The van der Waals surface area contributed by atoms with Crippen molar-refractivity contribution in [3.8, 4) is 17.0 Å².